The topological polar surface area (TPSA) is 34.9 Å². The normalized spacial score (nSPS) is 16.6. The van der Waals surface area contributed by atoms with Crippen LogP contribution in [0.2, 0.25) is 0 Å². The lowest BCUT2D eigenvalue weighted by Gasteiger charge is -2.13. The van der Waals surface area contributed by atoms with Crippen molar-refractivity contribution in [3.05, 3.63) is 17.7 Å². The Morgan fingerprint density at radius 3 is 3.27 bits per heavy atom. The van der Waals surface area contributed by atoms with E-state index >= 15 is 0 Å². The van der Waals surface area contributed by atoms with Crippen LogP contribution in [-0.4, -0.2) is 15.3 Å². The van der Waals surface area contributed by atoms with E-state index in [1.165, 1.54) is 0 Å². The molecule has 1 aromatic heterocycles. The van der Waals surface area contributed by atoms with Crippen molar-refractivity contribution in [1.29, 1.82) is 0 Å². The molecule has 2 rings (SSSR count). The molecule has 0 atom stereocenters. The van der Waals surface area contributed by atoms with Crippen LogP contribution in [0.3, 0.4) is 0 Å². The molecular weight excluding hydrogens is 140 g/mol. The highest BCUT2D eigenvalue weighted by Gasteiger charge is 2.16. The van der Waals surface area contributed by atoms with Crippen LogP contribution in [0.1, 0.15) is 17.9 Å². The van der Waals surface area contributed by atoms with Gasteiger partial charge in [-0.3, -0.25) is 4.79 Å². The summed E-state index contributed by atoms with van der Waals surface area (Å²) in [5.74, 6) is 1.35. The third kappa shape index (κ3) is 0.964. The summed E-state index contributed by atoms with van der Waals surface area (Å²) in [5.41, 5.74) is 1.07. The lowest BCUT2D eigenvalue weighted by atomic mass is 10.1. The molecular formula is C8H10N2O. The summed E-state index contributed by atoms with van der Waals surface area (Å²) in [4.78, 5) is 15.1. The number of hydrogen-bond acceptors (Lipinski definition) is 2. The van der Waals surface area contributed by atoms with Gasteiger partial charge in [0.05, 0.1) is 0 Å². The van der Waals surface area contributed by atoms with Crippen molar-refractivity contribution < 1.29 is 4.79 Å². The lowest BCUT2D eigenvalue weighted by molar-refractivity contribution is -0.119. The first kappa shape index (κ1) is 6.58. The van der Waals surface area contributed by atoms with Gasteiger partial charge in [0.2, 0.25) is 0 Å². The summed E-state index contributed by atoms with van der Waals surface area (Å²) >= 11 is 0. The van der Waals surface area contributed by atoms with Crippen molar-refractivity contribution >= 4 is 5.78 Å². The minimum atomic E-state index is 0.331. The summed E-state index contributed by atoms with van der Waals surface area (Å²) in [6.07, 6.45) is 3.04. The molecule has 0 aromatic carbocycles. The van der Waals surface area contributed by atoms with Crippen molar-refractivity contribution in [1.82, 2.24) is 9.55 Å². The first-order chi connectivity index (χ1) is 5.27. The number of nitrogens with zero attached hydrogens (tertiary/aromatic N) is 2. The Morgan fingerprint density at radius 1 is 1.64 bits per heavy atom. The van der Waals surface area contributed by atoms with Gasteiger partial charge in [0.15, 0.2) is 0 Å². The first-order valence-corrected chi connectivity index (χ1v) is 3.80. The predicted molar refractivity (Wildman–Crippen MR) is 40.3 cm³/mol. The van der Waals surface area contributed by atoms with Crippen LogP contribution >= 0.6 is 0 Å². The fraction of sp³-hybridized carbons (Fsp3) is 0.500. The van der Waals surface area contributed by atoms with Gasteiger partial charge in [-0.15, -0.1) is 0 Å². The molecule has 58 valence electrons. The van der Waals surface area contributed by atoms with Gasteiger partial charge in [0.25, 0.3) is 0 Å². The fourth-order valence-corrected chi connectivity index (χ4v) is 1.49. The van der Waals surface area contributed by atoms with Crippen molar-refractivity contribution in [2.75, 3.05) is 0 Å². The smallest absolute Gasteiger partial charge is 0.140 e. The first-order valence-electron chi connectivity index (χ1n) is 3.80. The van der Waals surface area contributed by atoms with Gasteiger partial charge >= 0.3 is 0 Å². The van der Waals surface area contributed by atoms with Crippen LogP contribution in [-0.2, 0) is 17.8 Å². The number of fused-ring (bicyclic) bond motifs is 1. The maximum atomic E-state index is 11.0. The molecule has 3 heteroatoms. The van der Waals surface area contributed by atoms with E-state index in [2.05, 4.69) is 9.55 Å². The molecule has 0 N–H and O–H groups in total. The van der Waals surface area contributed by atoms with Crippen molar-refractivity contribution in [3.63, 3.8) is 0 Å². The van der Waals surface area contributed by atoms with Gasteiger partial charge in [0, 0.05) is 31.3 Å². The SMILES string of the molecule is Cc1ncc2n1CCC(=O)C2. The zero-order valence-electron chi connectivity index (χ0n) is 6.50. The quantitative estimate of drug-likeness (QED) is 0.545. The van der Waals surface area contributed by atoms with Gasteiger partial charge in [-0.1, -0.05) is 0 Å². The summed E-state index contributed by atoms with van der Waals surface area (Å²) in [5, 5.41) is 0. The molecule has 0 amide bonds. The Bertz CT molecular complexity index is 301. The zero-order chi connectivity index (χ0) is 7.84. The number of carbonyl (C=O) groups excluding carboxylic acids is 1. The molecule has 0 bridgehead atoms. The van der Waals surface area contributed by atoms with E-state index in [0.717, 1.165) is 18.1 Å². The highest BCUT2D eigenvalue weighted by molar-refractivity contribution is 5.81. The summed E-state index contributed by atoms with van der Waals surface area (Å²) in [6.45, 7) is 2.79. The highest BCUT2D eigenvalue weighted by Crippen LogP contribution is 2.13. The van der Waals surface area contributed by atoms with Crippen LogP contribution in [0, 0.1) is 6.92 Å². The Morgan fingerprint density at radius 2 is 2.45 bits per heavy atom. The second kappa shape index (κ2) is 2.19. The van der Waals surface area contributed by atoms with Crippen molar-refractivity contribution in [3.8, 4) is 0 Å². The van der Waals surface area contributed by atoms with E-state index in [9.17, 15) is 4.79 Å². The summed E-state index contributed by atoms with van der Waals surface area (Å²) < 4.78 is 2.11. The zero-order valence-corrected chi connectivity index (χ0v) is 6.50. The molecule has 0 aliphatic carbocycles. The predicted octanol–water partition coefficient (Wildman–Crippen LogP) is 0.707. The van der Waals surface area contributed by atoms with Crippen LogP contribution in [0.15, 0.2) is 6.20 Å². The van der Waals surface area contributed by atoms with Crippen molar-refractivity contribution in [2.24, 2.45) is 0 Å². The Balaban J connectivity index is 2.44. The number of rotatable bonds is 0. The number of aryl methyl sites for hydroxylation is 1. The average Bonchev–Trinajstić information content (AvgIpc) is 2.32. The minimum absolute atomic E-state index is 0.331. The Labute approximate surface area is 65.1 Å². The number of imidazole rings is 1. The number of ketones is 1. The van der Waals surface area contributed by atoms with E-state index < -0.39 is 0 Å². The molecule has 1 aromatic rings. The van der Waals surface area contributed by atoms with E-state index in [1.54, 1.807) is 6.20 Å². The number of aromatic nitrogens is 2. The standard InChI is InChI=1S/C8H10N2O/c1-6-9-5-7-4-8(11)2-3-10(6)7/h5H,2-4H2,1H3. The summed E-state index contributed by atoms with van der Waals surface area (Å²) in [7, 11) is 0. The van der Waals surface area contributed by atoms with Gasteiger partial charge in [-0.2, -0.15) is 0 Å². The van der Waals surface area contributed by atoms with Crippen LogP contribution in [0.5, 0.6) is 0 Å². The molecule has 2 heterocycles. The second-order valence-electron chi connectivity index (χ2n) is 2.91. The monoisotopic (exact) mass is 150 g/mol. The van der Waals surface area contributed by atoms with E-state index in [-0.39, 0.29) is 0 Å². The number of hydrogen-bond donors (Lipinski definition) is 0. The van der Waals surface area contributed by atoms with E-state index in [4.69, 9.17) is 0 Å². The molecule has 0 saturated carbocycles. The molecule has 0 saturated heterocycles. The maximum Gasteiger partial charge on any atom is 0.140 e. The van der Waals surface area contributed by atoms with E-state index in [1.807, 2.05) is 6.92 Å². The van der Waals surface area contributed by atoms with Crippen LogP contribution in [0.25, 0.3) is 0 Å². The number of carbonyl (C=O) groups is 1. The number of Topliss-reactive ketones (excluding diaryl/α,β-unsaturated/α-hetero) is 1. The molecule has 0 spiro atoms. The van der Waals surface area contributed by atoms with Gasteiger partial charge in [0.1, 0.15) is 11.6 Å². The molecule has 1 aliphatic rings. The molecule has 0 fully saturated rings. The molecule has 3 nitrogen and oxygen atoms in total. The maximum absolute atomic E-state index is 11.0. The van der Waals surface area contributed by atoms with Crippen LogP contribution < -0.4 is 0 Å². The third-order valence-corrected chi connectivity index (χ3v) is 2.13. The largest absolute Gasteiger partial charge is 0.331 e. The fourth-order valence-electron chi connectivity index (χ4n) is 1.49. The molecule has 1 aliphatic heterocycles. The molecule has 0 unspecified atom stereocenters. The Hall–Kier alpha value is -1.12. The highest BCUT2D eigenvalue weighted by atomic mass is 16.1. The van der Waals surface area contributed by atoms with Crippen LogP contribution in [0.4, 0.5) is 0 Å². The van der Waals surface area contributed by atoms with Gasteiger partial charge < -0.3 is 4.57 Å². The summed E-state index contributed by atoms with van der Waals surface area (Å²) in [6, 6.07) is 0. The Kier molecular flexibility index (Phi) is 1.31. The lowest BCUT2D eigenvalue weighted by Crippen LogP contribution is -2.18. The van der Waals surface area contributed by atoms with Gasteiger partial charge in [-0.25, -0.2) is 4.98 Å². The molecule has 11 heavy (non-hydrogen) atoms. The third-order valence-electron chi connectivity index (χ3n) is 2.13. The molecule has 0 radical (unpaired) electrons. The van der Waals surface area contributed by atoms with Gasteiger partial charge in [-0.05, 0) is 6.92 Å². The van der Waals surface area contributed by atoms with E-state index in [0.29, 0.717) is 18.6 Å². The second-order valence-corrected chi connectivity index (χ2v) is 2.91. The average molecular weight is 150 g/mol. The minimum Gasteiger partial charge on any atom is -0.331 e. The van der Waals surface area contributed by atoms with Crippen molar-refractivity contribution in [2.45, 2.75) is 26.3 Å².